The van der Waals surface area contributed by atoms with Crippen LogP contribution in [-0.2, 0) is 4.79 Å². The molecule has 1 N–H and O–H groups in total. The summed E-state index contributed by atoms with van der Waals surface area (Å²) in [5.41, 5.74) is 1.76. The summed E-state index contributed by atoms with van der Waals surface area (Å²) in [6, 6.07) is 9.78. The molecule has 0 aliphatic rings. The van der Waals surface area contributed by atoms with Crippen LogP contribution in [-0.4, -0.2) is 13.0 Å². The molecule has 0 fully saturated rings. The molecule has 0 bridgehead atoms. The van der Waals surface area contributed by atoms with Gasteiger partial charge in [-0.1, -0.05) is 30.3 Å². The van der Waals surface area contributed by atoms with Crippen LogP contribution in [0.1, 0.15) is 12.5 Å². The van der Waals surface area contributed by atoms with Crippen LogP contribution in [0, 0.1) is 0 Å². The number of nitrogens with one attached hydrogen (secondary N) is 1. The second-order valence-electron chi connectivity index (χ2n) is 2.82. The third-order valence-electron chi connectivity index (χ3n) is 1.77. The molecular formula is C11H13NO. The van der Waals surface area contributed by atoms with Crippen LogP contribution in [0.25, 0.3) is 6.08 Å². The van der Waals surface area contributed by atoms with Crippen molar-refractivity contribution in [2.75, 3.05) is 7.05 Å². The van der Waals surface area contributed by atoms with E-state index < -0.39 is 0 Å². The van der Waals surface area contributed by atoms with Crippen LogP contribution >= 0.6 is 0 Å². The summed E-state index contributed by atoms with van der Waals surface area (Å²) < 4.78 is 0. The van der Waals surface area contributed by atoms with Gasteiger partial charge in [-0.15, -0.1) is 0 Å². The Balaban J connectivity index is 2.83. The lowest BCUT2D eigenvalue weighted by Gasteiger charge is -1.98. The fourth-order valence-electron chi connectivity index (χ4n) is 1.06. The number of carbonyl (C=O) groups excluding carboxylic acids is 1. The predicted octanol–water partition coefficient (Wildman–Crippen LogP) is 1.84. The minimum Gasteiger partial charge on any atom is -0.355 e. The quantitative estimate of drug-likeness (QED) is 0.683. The van der Waals surface area contributed by atoms with Gasteiger partial charge in [0.25, 0.3) is 0 Å². The third-order valence-corrected chi connectivity index (χ3v) is 1.77. The monoisotopic (exact) mass is 175 g/mol. The highest BCUT2D eigenvalue weighted by molar-refractivity contribution is 5.96. The van der Waals surface area contributed by atoms with Gasteiger partial charge in [0.1, 0.15) is 0 Å². The summed E-state index contributed by atoms with van der Waals surface area (Å²) in [7, 11) is 1.63. The molecule has 0 unspecified atom stereocenters. The second-order valence-corrected chi connectivity index (χ2v) is 2.82. The molecular weight excluding hydrogens is 162 g/mol. The van der Waals surface area contributed by atoms with Crippen molar-refractivity contribution in [2.24, 2.45) is 0 Å². The van der Waals surface area contributed by atoms with E-state index in [0.717, 1.165) is 5.56 Å². The van der Waals surface area contributed by atoms with E-state index in [1.807, 2.05) is 36.4 Å². The maximum Gasteiger partial charge on any atom is 0.246 e. The molecule has 0 aliphatic carbocycles. The van der Waals surface area contributed by atoms with Crippen LogP contribution in [0.15, 0.2) is 35.9 Å². The molecule has 0 atom stereocenters. The van der Waals surface area contributed by atoms with E-state index in [-0.39, 0.29) is 5.91 Å². The first-order chi connectivity index (χ1) is 6.24. The first kappa shape index (κ1) is 9.52. The summed E-state index contributed by atoms with van der Waals surface area (Å²) in [5, 5.41) is 2.58. The second kappa shape index (κ2) is 4.45. The minimum absolute atomic E-state index is 0.0381. The average Bonchev–Trinajstić information content (AvgIpc) is 2.18. The van der Waals surface area contributed by atoms with E-state index in [1.165, 1.54) is 0 Å². The number of hydrogen-bond acceptors (Lipinski definition) is 1. The van der Waals surface area contributed by atoms with E-state index in [4.69, 9.17) is 0 Å². The van der Waals surface area contributed by atoms with Gasteiger partial charge in [-0.3, -0.25) is 4.79 Å². The van der Waals surface area contributed by atoms with Crippen LogP contribution in [0.4, 0.5) is 0 Å². The van der Waals surface area contributed by atoms with E-state index in [2.05, 4.69) is 5.32 Å². The van der Waals surface area contributed by atoms with Gasteiger partial charge in [0.15, 0.2) is 0 Å². The Labute approximate surface area is 78.3 Å². The molecule has 0 aliphatic heterocycles. The lowest BCUT2D eigenvalue weighted by Crippen LogP contribution is -2.18. The standard InChI is InChI=1S/C11H13NO/c1-9(11(13)12-2)8-10-6-4-3-5-7-10/h3-8H,1-2H3,(H,12,13). The fourth-order valence-corrected chi connectivity index (χ4v) is 1.06. The van der Waals surface area contributed by atoms with Gasteiger partial charge < -0.3 is 5.32 Å². The molecule has 1 amide bonds. The van der Waals surface area contributed by atoms with E-state index in [9.17, 15) is 4.79 Å². The van der Waals surface area contributed by atoms with E-state index in [1.54, 1.807) is 14.0 Å². The van der Waals surface area contributed by atoms with E-state index >= 15 is 0 Å². The van der Waals surface area contributed by atoms with Gasteiger partial charge in [0.05, 0.1) is 0 Å². The van der Waals surface area contributed by atoms with Crippen LogP contribution in [0.3, 0.4) is 0 Å². The van der Waals surface area contributed by atoms with Crippen LogP contribution in [0.5, 0.6) is 0 Å². The molecule has 1 rings (SSSR count). The Morgan fingerprint density at radius 1 is 1.31 bits per heavy atom. The van der Waals surface area contributed by atoms with Crippen molar-refractivity contribution in [3.63, 3.8) is 0 Å². The Morgan fingerprint density at radius 2 is 1.92 bits per heavy atom. The molecule has 0 spiro atoms. The van der Waals surface area contributed by atoms with Crippen LogP contribution < -0.4 is 5.32 Å². The molecule has 0 aromatic heterocycles. The molecule has 1 aromatic rings. The first-order valence-corrected chi connectivity index (χ1v) is 4.19. The number of rotatable bonds is 2. The lowest BCUT2D eigenvalue weighted by atomic mass is 10.1. The molecule has 0 saturated heterocycles. The summed E-state index contributed by atoms with van der Waals surface area (Å²) in [6.07, 6.45) is 1.86. The number of benzene rings is 1. The lowest BCUT2D eigenvalue weighted by molar-refractivity contribution is -0.116. The Bertz CT molecular complexity index is 314. The highest BCUT2D eigenvalue weighted by Gasteiger charge is 1.99. The summed E-state index contributed by atoms with van der Waals surface area (Å²) in [6.45, 7) is 1.80. The highest BCUT2D eigenvalue weighted by atomic mass is 16.1. The van der Waals surface area contributed by atoms with Gasteiger partial charge in [-0.2, -0.15) is 0 Å². The van der Waals surface area contributed by atoms with Gasteiger partial charge in [0, 0.05) is 12.6 Å². The molecule has 0 heterocycles. The summed E-state index contributed by atoms with van der Waals surface area (Å²) >= 11 is 0. The Kier molecular flexibility index (Phi) is 3.26. The zero-order valence-electron chi connectivity index (χ0n) is 7.87. The average molecular weight is 175 g/mol. The molecule has 68 valence electrons. The third kappa shape index (κ3) is 2.75. The zero-order chi connectivity index (χ0) is 9.68. The molecule has 13 heavy (non-hydrogen) atoms. The highest BCUT2D eigenvalue weighted by Crippen LogP contribution is 2.05. The minimum atomic E-state index is -0.0381. The largest absolute Gasteiger partial charge is 0.355 e. The topological polar surface area (TPSA) is 29.1 Å². The van der Waals surface area contributed by atoms with Crippen molar-refractivity contribution in [3.05, 3.63) is 41.5 Å². The maximum absolute atomic E-state index is 11.1. The van der Waals surface area contributed by atoms with Crippen molar-refractivity contribution >= 4 is 12.0 Å². The van der Waals surface area contributed by atoms with Crippen molar-refractivity contribution in [1.29, 1.82) is 0 Å². The Hall–Kier alpha value is -1.57. The smallest absolute Gasteiger partial charge is 0.246 e. The normalized spacial score (nSPS) is 11.1. The maximum atomic E-state index is 11.1. The zero-order valence-corrected chi connectivity index (χ0v) is 7.87. The predicted molar refractivity (Wildman–Crippen MR) is 54.2 cm³/mol. The van der Waals surface area contributed by atoms with Crippen molar-refractivity contribution < 1.29 is 4.79 Å². The molecule has 2 heteroatoms. The van der Waals surface area contributed by atoms with Crippen molar-refractivity contribution in [2.45, 2.75) is 6.92 Å². The van der Waals surface area contributed by atoms with E-state index in [0.29, 0.717) is 5.57 Å². The molecule has 1 aromatic carbocycles. The number of amides is 1. The summed E-state index contributed by atoms with van der Waals surface area (Å²) in [4.78, 5) is 11.1. The fraction of sp³-hybridized carbons (Fsp3) is 0.182. The molecule has 2 nitrogen and oxygen atoms in total. The number of hydrogen-bond donors (Lipinski definition) is 1. The summed E-state index contributed by atoms with van der Waals surface area (Å²) in [5.74, 6) is -0.0381. The molecule has 0 saturated carbocycles. The van der Waals surface area contributed by atoms with Gasteiger partial charge in [0.2, 0.25) is 5.91 Å². The van der Waals surface area contributed by atoms with Crippen LogP contribution in [0.2, 0.25) is 0 Å². The Morgan fingerprint density at radius 3 is 2.46 bits per heavy atom. The number of likely N-dealkylation sites (N-methyl/N-ethyl adjacent to an activating group) is 1. The van der Waals surface area contributed by atoms with Crippen molar-refractivity contribution in [1.82, 2.24) is 5.32 Å². The van der Waals surface area contributed by atoms with Crippen molar-refractivity contribution in [3.8, 4) is 0 Å². The van der Waals surface area contributed by atoms with Gasteiger partial charge in [-0.05, 0) is 18.6 Å². The SMILES string of the molecule is CNC(=O)C(C)=Cc1ccccc1. The van der Waals surface area contributed by atoms with Gasteiger partial charge >= 0.3 is 0 Å². The number of carbonyl (C=O) groups is 1. The van der Waals surface area contributed by atoms with Gasteiger partial charge in [-0.25, -0.2) is 0 Å². The first-order valence-electron chi connectivity index (χ1n) is 4.19. The molecule has 0 radical (unpaired) electrons.